The van der Waals surface area contributed by atoms with Crippen molar-refractivity contribution in [2.24, 2.45) is 0 Å². The Kier molecular flexibility index (Phi) is 3.84. The minimum Gasteiger partial charge on any atom is -0.453 e. The molecule has 0 N–H and O–H groups in total. The van der Waals surface area contributed by atoms with Gasteiger partial charge in [-0.3, -0.25) is 4.98 Å². The SMILES string of the molecule is O=C(OCc1cc(Br)c(F)cn1)C(F)(F)F. The van der Waals surface area contributed by atoms with Crippen molar-refractivity contribution in [2.45, 2.75) is 12.8 Å². The molecule has 1 aromatic heterocycles. The summed E-state index contributed by atoms with van der Waals surface area (Å²) in [5, 5.41) is 0. The molecule has 16 heavy (non-hydrogen) atoms. The molecule has 0 bridgehead atoms. The number of aromatic nitrogens is 1. The Morgan fingerprint density at radius 3 is 2.62 bits per heavy atom. The van der Waals surface area contributed by atoms with E-state index in [9.17, 15) is 22.4 Å². The van der Waals surface area contributed by atoms with E-state index < -0.39 is 24.6 Å². The molecule has 0 aliphatic carbocycles. The smallest absolute Gasteiger partial charge is 0.453 e. The summed E-state index contributed by atoms with van der Waals surface area (Å²) in [5.74, 6) is -2.97. The molecule has 0 amide bonds. The van der Waals surface area contributed by atoms with Gasteiger partial charge in [-0.25, -0.2) is 9.18 Å². The van der Waals surface area contributed by atoms with Crippen molar-refractivity contribution < 1.29 is 27.1 Å². The second-order valence-electron chi connectivity index (χ2n) is 2.66. The van der Waals surface area contributed by atoms with Crippen LogP contribution in [0.5, 0.6) is 0 Å². The van der Waals surface area contributed by atoms with Crippen LogP contribution in [0.2, 0.25) is 0 Å². The van der Waals surface area contributed by atoms with E-state index in [1.165, 1.54) is 0 Å². The van der Waals surface area contributed by atoms with Crippen molar-refractivity contribution in [1.82, 2.24) is 4.98 Å². The van der Waals surface area contributed by atoms with Crippen molar-refractivity contribution >= 4 is 21.9 Å². The molecule has 0 aromatic carbocycles. The first-order valence-electron chi connectivity index (χ1n) is 3.84. The lowest BCUT2D eigenvalue weighted by Crippen LogP contribution is -2.25. The largest absolute Gasteiger partial charge is 0.490 e. The molecule has 0 aliphatic rings. The maximum absolute atomic E-state index is 12.7. The molecule has 0 spiro atoms. The number of esters is 1. The second-order valence-corrected chi connectivity index (χ2v) is 3.52. The predicted molar refractivity (Wildman–Crippen MR) is 47.7 cm³/mol. The number of carbonyl (C=O) groups excluding carboxylic acids is 1. The van der Waals surface area contributed by atoms with E-state index in [1.54, 1.807) is 0 Å². The maximum atomic E-state index is 12.7. The lowest BCUT2D eigenvalue weighted by atomic mass is 10.3. The van der Waals surface area contributed by atoms with Crippen LogP contribution in [-0.2, 0) is 16.1 Å². The van der Waals surface area contributed by atoms with Gasteiger partial charge in [0.05, 0.1) is 16.4 Å². The highest BCUT2D eigenvalue weighted by Crippen LogP contribution is 2.19. The normalized spacial score (nSPS) is 11.3. The van der Waals surface area contributed by atoms with Gasteiger partial charge in [-0.05, 0) is 22.0 Å². The van der Waals surface area contributed by atoms with Gasteiger partial charge < -0.3 is 4.74 Å². The summed E-state index contributed by atoms with van der Waals surface area (Å²) in [6.45, 7) is -0.669. The van der Waals surface area contributed by atoms with Gasteiger partial charge in [0.1, 0.15) is 6.61 Å². The van der Waals surface area contributed by atoms with Gasteiger partial charge in [-0.2, -0.15) is 13.2 Å². The van der Waals surface area contributed by atoms with E-state index in [2.05, 4.69) is 25.7 Å². The molecule has 0 fully saturated rings. The number of hydrogen-bond acceptors (Lipinski definition) is 3. The van der Waals surface area contributed by atoms with Crippen LogP contribution >= 0.6 is 15.9 Å². The zero-order valence-electron chi connectivity index (χ0n) is 7.52. The first kappa shape index (κ1) is 12.9. The van der Waals surface area contributed by atoms with Gasteiger partial charge >= 0.3 is 12.1 Å². The maximum Gasteiger partial charge on any atom is 0.490 e. The van der Waals surface area contributed by atoms with Crippen molar-refractivity contribution in [3.8, 4) is 0 Å². The highest BCUT2D eigenvalue weighted by atomic mass is 79.9. The fraction of sp³-hybridized carbons (Fsp3) is 0.250. The number of nitrogens with zero attached hydrogens (tertiary/aromatic N) is 1. The monoisotopic (exact) mass is 301 g/mol. The molecule has 0 aliphatic heterocycles. The topological polar surface area (TPSA) is 39.2 Å². The van der Waals surface area contributed by atoms with E-state index in [0.717, 1.165) is 12.3 Å². The molecule has 0 saturated heterocycles. The van der Waals surface area contributed by atoms with E-state index in [1.807, 2.05) is 0 Å². The summed E-state index contributed by atoms with van der Waals surface area (Å²) in [4.78, 5) is 13.8. The number of halogens is 5. The predicted octanol–water partition coefficient (Wildman–Crippen LogP) is 2.59. The van der Waals surface area contributed by atoms with E-state index in [-0.39, 0.29) is 10.2 Å². The van der Waals surface area contributed by atoms with E-state index >= 15 is 0 Å². The van der Waals surface area contributed by atoms with Gasteiger partial charge in [0, 0.05) is 0 Å². The Labute approximate surface area is 95.6 Å². The summed E-state index contributed by atoms with van der Waals surface area (Å²) in [6, 6.07) is 1.12. The quantitative estimate of drug-likeness (QED) is 0.622. The van der Waals surface area contributed by atoms with Crippen molar-refractivity contribution in [2.75, 3.05) is 0 Å². The lowest BCUT2D eigenvalue weighted by molar-refractivity contribution is -0.201. The summed E-state index contributed by atoms with van der Waals surface area (Å²) in [7, 11) is 0. The van der Waals surface area contributed by atoms with Crippen LogP contribution in [0.4, 0.5) is 17.6 Å². The molecule has 3 nitrogen and oxygen atoms in total. The van der Waals surface area contributed by atoms with Crippen LogP contribution in [0.25, 0.3) is 0 Å². The van der Waals surface area contributed by atoms with Crippen LogP contribution in [0.15, 0.2) is 16.7 Å². The number of rotatable bonds is 2. The molecule has 0 saturated carbocycles. The van der Waals surface area contributed by atoms with Crippen molar-refractivity contribution in [3.63, 3.8) is 0 Å². The van der Waals surface area contributed by atoms with Crippen molar-refractivity contribution in [1.29, 1.82) is 0 Å². The van der Waals surface area contributed by atoms with Gasteiger partial charge in [0.15, 0.2) is 5.82 Å². The van der Waals surface area contributed by atoms with Gasteiger partial charge in [-0.15, -0.1) is 0 Å². The van der Waals surface area contributed by atoms with Gasteiger partial charge in [0.2, 0.25) is 0 Å². The Balaban J connectivity index is 2.62. The molecule has 8 heteroatoms. The molecule has 1 rings (SSSR count). The average Bonchev–Trinajstić information content (AvgIpc) is 2.18. The molecule has 1 heterocycles. The minimum atomic E-state index is -5.04. The second kappa shape index (κ2) is 4.77. The Morgan fingerprint density at radius 1 is 1.50 bits per heavy atom. The summed E-state index contributed by atoms with van der Waals surface area (Å²) in [5.41, 5.74) is 0.00544. The Morgan fingerprint density at radius 2 is 2.12 bits per heavy atom. The molecular formula is C8H4BrF4NO2. The third-order valence-electron chi connectivity index (χ3n) is 1.45. The van der Waals surface area contributed by atoms with Crippen LogP contribution in [-0.4, -0.2) is 17.1 Å². The molecule has 0 atom stereocenters. The first-order chi connectivity index (χ1) is 7.30. The molecule has 1 aromatic rings. The Bertz CT molecular complexity index is 408. The highest BCUT2D eigenvalue weighted by Gasteiger charge is 2.40. The number of carbonyl (C=O) groups is 1. The third kappa shape index (κ3) is 3.44. The highest BCUT2D eigenvalue weighted by molar-refractivity contribution is 9.10. The first-order valence-corrected chi connectivity index (χ1v) is 4.64. The number of pyridine rings is 1. The minimum absolute atomic E-state index is 0.00544. The summed E-state index contributed by atoms with van der Waals surface area (Å²) >= 11 is 2.81. The van der Waals surface area contributed by atoms with E-state index in [0.29, 0.717) is 0 Å². The van der Waals surface area contributed by atoms with Crippen LogP contribution < -0.4 is 0 Å². The lowest BCUT2D eigenvalue weighted by Gasteiger charge is -2.06. The Hall–Kier alpha value is -1.18. The standard InChI is InChI=1S/C8H4BrF4NO2/c9-5-1-4(14-2-6(5)10)3-16-7(15)8(11,12)13/h1-2H,3H2. The van der Waals surface area contributed by atoms with Gasteiger partial charge in [-0.1, -0.05) is 0 Å². The number of hydrogen-bond donors (Lipinski definition) is 0. The molecule has 0 radical (unpaired) electrons. The van der Waals surface area contributed by atoms with Crippen LogP contribution in [0, 0.1) is 5.82 Å². The fourth-order valence-corrected chi connectivity index (χ4v) is 1.12. The third-order valence-corrected chi connectivity index (χ3v) is 2.06. The van der Waals surface area contributed by atoms with E-state index in [4.69, 9.17) is 0 Å². The summed E-state index contributed by atoms with van der Waals surface area (Å²) in [6.07, 6.45) is -4.24. The molecular weight excluding hydrogens is 298 g/mol. The van der Waals surface area contributed by atoms with Crippen molar-refractivity contribution in [3.05, 3.63) is 28.2 Å². The summed E-state index contributed by atoms with van der Waals surface area (Å²) < 4.78 is 51.8. The zero-order valence-corrected chi connectivity index (χ0v) is 9.10. The fourth-order valence-electron chi connectivity index (χ4n) is 0.754. The number of alkyl halides is 3. The molecule has 0 unspecified atom stereocenters. The average molecular weight is 302 g/mol. The van der Waals surface area contributed by atoms with Crippen LogP contribution in [0.1, 0.15) is 5.69 Å². The zero-order chi connectivity index (χ0) is 12.3. The van der Waals surface area contributed by atoms with Crippen LogP contribution in [0.3, 0.4) is 0 Å². The van der Waals surface area contributed by atoms with Gasteiger partial charge in [0.25, 0.3) is 0 Å². The number of ether oxygens (including phenoxy) is 1. The molecule has 88 valence electrons.